The molecule has 1 aliphatic carbocycles. The Morgan fingerprint density at radius 1 is 0.929 bits per heavy atom. The molecule has 28 heavy (non-hydrogen) atoms. The first-order valence-corrected chi connectivity index (χ1v) is 11.4. The molecule has 4 rings (SSSR count). The summed E-state index contributed by atoms with van der Waals surface area (Å²) >= 11 is 3.86. The van der Waals surface area contributed by atoms with Gasteiger partial charge in [-0.1, -0.05) is 18.2 Å². The maximum atomic E-state index is 12.1. The van der Waals surface area contributed by atoms with Gasteiger partial charge in [-0.3, -0.25) is 9.35 Å². The van der Waals surface area contributed by atoms with E-state index in [1.54, 1.807) is 24.3 Å². The zero-order chi connectivity index (χ0) is 20.2. The molecule has 2 aromatic carbocycles. The second-order valence-electron chi connectivity index (χ2n) is 6.03. The van der Waals surface area contributed by atoms with Crippen LogP contribution in [0.5, 0.6) is 5.75 Å². The van der Waals surface area contributed by atoms with E-state index in [2.05, 4.69) is 0 Å². The number of benzene rings is 3. The number of phenolic OH excluding ortho intramolecular Hbond substituents is 1. The van der Waals surface area contributed by atoms with Crippen molar-refractivity contribution in [2.45, 2.75) is 4.90 Å². The van der Waals surface area contributed by atoms with Crippen molar-refractivity contribution in [1.29, 1.82) is 0 Å². The summed E-state index contributed by atoms with van der Waals surface area (Å²) in [5.41, 5.74) is 1.33. The highest BCUT2D eigenvalue weighted by molar-refractivity contribution is 14.1. The van der Waals surface area contributed by atoms with Crippen LogP contribution in [0.15, 0.2) is 62.6 Å². The number of hydrogen-bond acceptors (Lipinski definition) is 5. The third-order valence-electron chi connectivity index (χ3n) is 4.28. The average molecular weight is 620 g/mol. The van der Waals surface area contributed by atoms with Crippen molar-refractivity contribution in [3.05, 3.63) is 65.9 Å². The first kappa shape index (κ1) is 19.6. The maximum absolute atomic E-state index is 12.1. The second-order valence-corrected chi connectivity index (χ2v) is 9.74. The van der Waals surface area contributed by atoms with E-state index in [9.17, 15) is 22.9 Å². The average Bonchev–Trinajstić information content (AvgIpc) is 2.62. The van der Waals surface area contributed by atoms with Gasteiger partial charge in [0.15, 0.2) is 5.43 Å². The van der Waals surface area contributed by atoms with Gasteiger partial charge in [0.25, 0.3) is 10.1 Å². The zero-order valence-corrected chi connectivity index (χ0v) is 18.9. The molecule has 1 aliphatic heterocycles. The summed E-state index contributed by atoms with van der Waals surface area (Å²) in [7, 11) is -4.50. The lowest BCUT2D eigenvalue weighted by molar-refractivity contribution is 0.470. The lowest BCUT2D eigenvalue weighted by atomic mass is 9.93. The number of halogens is 2. The molecule has 0 aromatic heterocycles. The van der Waals surface area contributed by atoms with Crippen LogP contribution in [0.3, 0.4) is 0 Å². The molecule has 0 amide bonds. The van der Waals surface area contributed by atoms with Crippen molar-refractivity contribution in [2.24, 2.45) is 0 Å². The van der Waals surface area contributed by atoms with Crippen LogP contribution >= 0.6 is 45.2 Å². The smallest absolute Gasteiger partial charge is 0.295 e. The Morgan fingerprint density at radius 3 is 2.36 bits per heavy atom. The molecule has 0 spiro atoms. The van der Waals surface area contributed by atoms with Gasteiger partial charge in [0, 0.05) is 34.2 Å². The summed E-state index contributed by atoms with van der Waals surface area (Å²) in [6, 6.07) is 12.1. The molecule has 6 nitrogen and oxygen atoms in total. The highest BCUT2D eigenvalue weighted by atomic mass is 127. The molecule has 1 heterocycles. The van der Waals surface area contributed by atoms with Crippen LogP contribution in [0.4, 0.5) is 0 Å². The molecule has 2 N–H and O–H groups in total. The van der Waals surface area contributed by atoms with E-state index in [1.165, 1.54) is 24.3 Å². The van der Waals surface area contributed by atoms with E-state index in [-0.39, 0.29) is 33.0 Å². The van der Waals surface area contributed by atoms with Gasteiger partial charge in [-0.2, -0.15) is 8.42 Å². The van der Waals surface area contributed by atoms with E-state index in [0.717, 1.165) is 0 Å². The summed E-state index contributed by atoms with van der Waals surface area (Å²) in [6.45, 7) is 0. The van der Waals surface area contributed by atoms with Gasteiger partial charge in [0.05, 0.1) is 7.14 Å². The van der Waals surface area contributed by atoms with Crippen LogP contribution in [0.1, 0.15) is 0 Å². The number of fused-ring (bicyclic) bond motifs is 2. The molecular formula is C19H10I2O6S. The minimum atomic E-state index is -4.50. The van der Waals surface area contributed by atoms with Crippen molar-refractivity contribution in [3.63, 3.8) is 0 Å². The third kappa shape index (κ3) is 3.29. The quantitative estimate of drug-likeness (QED) is 0.191. The van der Waals surface area contributed by atoms with Gasteiger partial charge in [-0.15, -0.1) is 0 Å². The minimum absolute atomic E-state index is 0.00178. The molecule has 2 aromatic rings. The van der Waals surface area contributed by atoms with E-state index in [0.29, 0.717) is 23.7 Å². The predicted octanol–water partition coefficient (Wildman–Crippen LogP) is 4.73. The number of hydrogen-bond donors (Lipinski definition) is 2. The Balaban J connectivity index is 2.29. The molecule has 0 unspecified atom stereocenters. The fourth-order valence-electron chi connectivity index (χ4n) is 3.09. The lowest BCUT2D eigenvalue weighted by Gasteiger charge is -2.17. The van der Waals surface area contributed by atoms with Gasteiger partial charge in [0.2, 0.25) is 0 Å². The van der Waals surface area contributed by atoms with Gasteiger partial charge < -0.3 is 9.52 Å². The highest BCUT2D eigenvalue weighted by Crippen LogP contribution is 2.44. The number of rotatable bonds is 2. The first-order chi connectivity index (χ1) is 13.2. The van der Waals surface area contributed by atoms with Crippen LogP contribution in [-0.4, -0.2) is 18.1 Å². The largest absolute Gasteiger partial charge is 0.507 e. The van der Waals surface area contributed by atoms with Gasteiger partial charge in [0.1, 0.15) is 22.0 Å². The zero-order valence-electron chi connectivity index (χ0n) is 13.8. The first-order valence-electron chi connectivity index (χ1n) is 7.82. The summed E-state index contributed by atoms with van der Waals surface area (Å²) in [4.78, 5) is 11.9. The Morgan fingerprint density at radius 2 is 1.64 bits per heavy atom. The molecule has 2 aliphatic rings. The maximum Gasteiger partial charge on any atom is 0.295 e. The number of phenols is 1. The fourth-order valence-corrected chi connectivity index (χ4v) is 4.72. The Bertz CT molecular complexity index is 1390. The summed E-state index contributed by atoms with van der Waals surface area (Å²) < 4.78 is 40.5. The van der Waals surface area contributed by atoms with Crippen molar-refractivity contribution in [1.82, 2.24) is 0 Å². The van der Waals surface area contributed by atoms with Gasteiger partial charge in [-0.25, -0.2) is 0 Å². The topological polar surface area (TPSA) is 105 Å². The van der Waals surface area contributed by atoms with Crippen LogP contribution in [0, 0.1) is 7.14 Å². The second kappa shape index (κ2) is 6.97. The standard InChI is InChI=1S/C19H10I2O6S/c20-12-5-10-16(7-14(12)22)27-17-8-15(23)13(21)6-11(17)19(10)9-3-1-2-4-18(9)28(24,25)26/h1-8,22H,(H,24,25,26). The van der Waals surface area contributed by atoms with Crippen LogP contribution in [0.25, 0.3) is 33.4 Å². The molecule has 0 saturated heterocycles. The van der Waals surface area contributed by atoms with Crippen molar-refractivity contribution >= 4 is 66.3 Å². The molecular weight excluding hydrogens is 610 g/mol. The molecule has 0 bridgehead atoms. The minimum Gasteiger partial charge on any atom is -0.507 e. The van der Waals surface area contributed by atoms with Crippen molar-refractivity contribution in [3.8, 4) is 28.2 Å². The van der Waals surface area contributed by atoms with E-state index >= 15 is 0 Å². The van der Waals surface area contributed by atoms with E-state index in [4.69, 9.17) is 4.42 Å². The molecule has 0 fully saturated rings. The summed E-state index contributed by atoms with van der Waals surface area (Å²) in [5.74, 6) is 0.247. The van der Waals surface area contributed by atoms with Gasteiger partial charge >= 0.3 is 0 Å². The van der Waals surface area contributed by atoms with E-state index in [1.807, 2.05) is 45.2 Å². The SMILES string of the molecule is O=c1cc2oc3cc(O)c(I)cc3c(-c3ccccc3S(=O)(=O)O)c-2cc1I. The normalized spacial score (nSPS) is 12.0. The Hall–Kier alpha value is -1.70. The monoisotopic (exact) mass is 620 g/mol. The van der Waals surface area contributed by atoms with Gasteiger partial charge in [-0.05, 0) is 63.4 Å². The van der Waals surface area contributed by atoms with Crippen molar-refractivity contribution < 1.29 is 22.5 Å². The fraction of sp³-hybridized carbons (Fsp3) is 0. The summed E-state index contributed by atoms with van der Waals surface area (Å²) in [5, 5.41) is 10.6. The lowest BCUT2D eigenvalue weighted by Crippen LogP contribution is -2.07. The third-order valence-corrected chi connectivity index (χ3v) is 6.89. The molecule has 0 saturated carbocycles. The van der Waals surface area contributed by atoms with Crippen molar-refractivity contribution in [2.75, 3.05) is 0 Å². The molecule has 9 heteroatoms. The predicted molar refractivity (Wildman–Crippen MR) is 121 cm³/mol. The summed E-state index contributed by atoms with van der Waals surface area (Å²) in [6.07, 6.45) is 0. The van der Waals surface area contributed by atoms with E-state index < -0.39 is 10.1 Å². The Labute approximate surface area is 186 Å². The molecule has 0 radical (unpaired) electrons. The van der Waals surface area contributed by atoms with Crippen LogP contribution in [0.2, 0.25) is 0 Å². The number of aromatic hydroxyl groups is 1. The van der Waals surface area contributed by atoms with Crippen LogP contribution in [-0.2, 0) is 10.1 Å². The van der Waals surface area contributed by atoms with Crippen LogP contribution < -0.4 is 5.43 Å². The molecule has 0 atom stereocenters. The molecule has 142 valence electrons. The highest BCUT2D eigenvalue weighted by Gasteiger charge is 2.24. The Kier molecular flexibility index (Phi) is 4.88.